The smallest absolute Gasteiger partial charge is 0.115 e. The summed E-state index contributed by atoms with van der Waals surface area (Å²) >= 11 is 0. The van der Waals surface area contributed by atoms with Gasteiger partial charge in [-0.3, -0.25) is 0 Å². The number of hydrogen-bond donors (Lipinski definition) is 1. The number of methoxy groups -OCH3 is 1. The Balaban J connectivity index is 3.16. The highest BCUT2D eigenvalue weighted by molar-refractivity contribution is 5.33. The molecular weight excluding hydrogens is 200 g/mol. The number of ether oxygens (including phenoxy) is 1. The highest BCUT2D eigenvalue weighted by Crippen LogP contribution is 2.30. The van der Waals surface area contributed by atoms with E-state index in [2.05, 4.69) is 13.8 Å². The average Bonchev–Trinajstić information content (AvgIpc) is 2.22. The quantitative estimate of drug-likeness (QED) is 0.849. The molecule has 1 N–H and O–H groups in total. The Bertz CT molecular complexity index is 358. The number of hydrogen-bond acceptors (Lipinski definition) is 2. The molecule has 16 heavy (non-hydrogen) atoms. The van der Waals surface area contributed by atoms with Crippen molar-refractivity contribution >= 4 is 0 Å². The van der Waals surface area contributed by atoms with E-state index in [0.717, 1.165) is 5.56 Å². The zero-order valence-electron chi connectivity index (χ0n) is 10.9. The minimum Gasteiger partial charge on any atom is -0.382 e. The standard InChI is InChI=1S/C14H22O2/c1-10(2)14(15,9-16-5)13-7-6-11(3)12(4)8-13/h6-8,10,15H,9H2,1-5H3. The molecule has 0 saturated carbocycles. The van der Waals surface area contributed by atoms with E-state index in [4.69, 9.17) is 4.74 Å². The summed E-state index contributed by atoms with van der Waals surface area (Å²) in [5.74, 6) is 0.120. The van der Waals surface area contributed by atoms with E-state index in [9.17, 15) is 5.11 Å². The van der Waals surface area contributed by atoms with Gasteiger partial charge in [0.15, 0.2) is 0 Å². The van der Waals surface area contributed by atoms with Gasteiger partial charge in [-0.05, 0) is 36.5 Å². The summed E-state index contributed by atoms with van der Waals surface area (Å²) in [6, 6.07) is 6.09. The second kappa shape index (κ2) is 4.98. The Labute approximate surface area is 98.3 Å². The molecule has 1 aromatic rings. The summed E-state index contributed by atoms with van der Waals surface area (Å²) in [4.78, 5) is 0. The van der Waals surface area contributed by atoms with Crippen LogP contribution in [0.3, 0.4) is 0 Å². The van der Waals surface area contributed by atoms with Crippen molar-refractivity contribution in [3.63, 3.8) is 0 Å². The summed E-state index contributed by atoms with van der Waals surface area (Å²) < 4.78 is 5.14. The summed E-state index contributed by atoms with van der Waals surface area (Å²) in [6.45, 7) is 8.48. The van der Waals surface area contributed by atoms with Crippen molar-refractivity contribution in [1.29, 1.82) is 0 Å². The van der Waals surface area contributed by atoms with Crippen LogP contribution in [0.5, 0.6) is 0 Å². The van der Waals surface area contributed by atoms with Crippen LogP contribution in [0.15, 0.2) is 18.2 Å². The van der Waals surface area contributed by atoms with Crippen LogP contribution in [0.1, 0.15) is 30.5 Å². The van der Waals surface area contributed by atoms with Gasteiger partial charge < -0.3 is 9.84 Å². The molecule has 1 unspecified atom stereocenters. The van der Waals surface area contributed by atoms with Crippen LogP contribution < -0.4 is 0 Å². The Morgan fingerprint density at radius 3 is 2.31 bits per heavy atom. The first-order valence-electron chi connectivity index (χ1n) is 5.71. The zero-order chi connectivity index (χ0) is 12.3. The first kappa shape index (κ1) is 13.2. The van der Waals surface area contributed by atoms with Crippen molar-refractivity contribution in [2.75, 3.05) is 13.7 Å². The van der Waals surface area contributed by atoms with Gasteiger partial charge in [0.2, 0.25) is 0 Å². The summed E-state index contributed by atoms with van der Waals surface area (Å²) in [5, 5.41) is 10.7. The molecule has 90 valence electrons. The molecule has 0 bridgehead atoms. The molecule has 0 aliphatic heterocycles. The third-order valence-corrected chi connectivity index (χ3v) is 3.33. The molecule has 0 aromatic heterocycles. The van der Waals surface area contributed by atoms with E-state index < -0.39 is 5.60 Å². The predicted molar refractivity (Wildman–Crippen MR) is 66.5 cm³/mol. The molecule has 0 spiro atoms. The second-order valence-corrected chi connectivity index (χ2v) is 4.81. The lowest BCUT2D eigenvalue weighted by Crippen LogP contribution is -2.37. The summed E-state index contributed by atoms with van der Waals surface area (Å²) in [6.07, 6.45) is 0. The largest absolute Gasteiger partial charge is 0.382 e. The van der Waals surface area contributed by atoms with Crippen LogP contribution in [0.4, 0.5) is 0 Å². The fraction of sp³-hybridized carbons (Fsp3) is 0.571. The molecule has 0 amide bonds. The lowest BCUT2D eigenvalue weighted by Gasteiger charge is -2.32. The Kier molecular flexibility index (Phi) is 4.11. The first-order valence-corrected chi connectivity index (χ1v) is 5.71. The molecule has 0 heterocycles. The fourth-order valence-corrected chi connectivity index (χ4v) is 1.81. The molecule has 0 saturated heterocycles. The minimum atomic E-state index is -0.896. The van der Waals surface area contributed by atoms with E-state index in [0.29, 0.717) is 6.61 Å². The lowest BCUT2D eigenvalue weighted by atomic mass is 9.83. The number of aryl methyl sites for hydroxylation is 2. The summed E-state index contributed by atoms with van der Waals surface area (Å²) in [5.41, 5.74) is 2.49. The average molecular weight is 222 g/mol. The van der Waals surface area contributed by atoms with E-state index in [1.165, 1.54) is 11.1 Å². The maximum Gasteiger partial charge on any atom is 0.115 e. The van der Waals surface area contributed by atoms with Crippen molar-refractivity contribution in [2.45, 2.75) is 33.3 Å². The van der Waals surface area contributed by atoms with Crippen molar-refractivity contribution in [2.24, 2.45) is 5.92 Å². The second-order valence-electron chi connectivity index (χ2n) is 4.81. The van der Waals surface area contributed by atoms with Gasteiger partial charge in [-0.2, -0.15) is 0 Å². The molecular formula is C14H22O2. The molecule has 0 radical (unpaired) electrons. The van der Waals surface area contributed by atoms with Crippen LogP contribution in [-0.2, 0) is 10.3 Å². The molecule has 2 nitrogen and oxygen atoms in total. The van der Waals surface area contributed by atoms with Gasteiger partial charge in [0.25, 0.3) is 0 Å². The third-order valence-electron chi connectivity index (χ3n) is 3.33. The number of aliphatic hydroxyl groups is 1. The normalized spacial score (nSPS) is 15.2. The maximum atomic E-state index is 10.7. The molecule has 1 rings (SSSR count). The SMILES string of the molecule is COCC(O)(c1ccc(C)c(C)c1)C(C)C. The number of benzene rings is 1. The fourth-order valence-electron chi connectivity index (χ4n) is 1.81. The van der Waals surface area contributed by atoms with Gasteiger partial charge >= 0.3 is 0 Å². The molecule has 0 aliphatic rings. The van der Waals surface area contributed by atoms with Gasteiger partial charge in [-0.25, -0.2) is 0 Å². The monoisotopic (exact) mass is 222 g/mol. The molecule has 2 heteroatoms. The van der Waals surface area contributed by atoms with Crippen LogP contribution in [0.25, 0.3) is 0 Å². The Hall–Kier alpha value is -0.860. The lowest BCUT2D eigenvalue weighted by molar-refractivity contribution is -0.0700. The van der Waals surface area contributed by atoms with E-state index in [-0.39, 0.29) is 5.92 Å². The van der Waals surface area contributed by atoms with Crippen molar-refractivity contribution in [3.05, 3.63) is 34.9 Å². The van der Waals surface area contributed by atoms with Crippen molar-refractivity contribution < 1.29 is 9.84 Å². The summed E-state index contributed by atoms with van der Waals surface area (Å²) in [7, 11) is 1.62. The molecule has 1 aromatic carbocycles. The zero-order valence-corrected chi connectivity index (χ0v) is 10.9. The third kappa shape index (κ3) is 2.45. The van der Waals surface area contributed by atoms with Crippen LogP contribution in [0.2, 0.25) is 0 Å². The van der Waals surface area contributed by atoms with Gasteiger partial charge in [-0.15, -0.1) is 0 Å². The number of rotatable bonds is 4. The highest BCUT2D eigenvalue weighted by atomic mass is 16.5. The molecule has 1 atom stereocenters. The van der Waals surface area contributed by atoms with Gasteiger partial charge in [0.1, 0.15) is 5.60 Å². The van der Waals surface area contributed by atoms with Crippen LogP contribution in [-0.4, -0.2) is 18.8 Å². The van der Waals surface area contributed by atoms with Crippen LogP contribution in [0, 0.1) is 19.8 Å². The van der Waals surface area contributed by atoms with E-state index in [1.807, 2.05) is 32.0 Å². The maximum absolute atomic E-state index is 10.7. The Morgan fingerprint density at radius 1 is 1.25 bits per heavy atom. The van der Waals surface area contributed by atoms with E-state index >= 15 is 0 Å². The van der Waals surface area contributed by atoms with E-state index in [1.54, 1.807) is 7.11 Å². The minimum absolute atomic E-state index is 0.120. The molecule has 0 fully saturated rings. The molecule has 0 aliphatic carbocycles. The van der Waals surface area contributed by atoms with Crippen molar-refractivity contribution in [1.82, 2.24) is 0 Å². The van der Waals surface area contributed by atoms with Crippen molar-refractivity contribution in [3.8, 4) is 0 Å². The van der Waals surface area contributed by atoms with Gasteiger partial charge in [0.05, 0.1) is 6.61 Å². The highest BCUT2D eigenvalue weighted by Gasteiger charge is 2.33. The van der Waals surface area contributed by atoms with Gasteiger partial charge in [-0.1, -0.05) is 32.0 Å². The van der Waals surface area contributed by atoms with Crippen LogP contribution >= 0.6 is 0 Å². The topological polar surface area (TPSA) is 29.5 Å². The first-order chi connectivity index (χ1) is 7.41. The predicted octanol–water partition coefficient (Wildman–Crippen LogP) is 2.79. The Morgan fingerprint density at radius 2 is 1.88 bits per heavy atom. The van der Waals surface area contributed by atoms with Gasteiger partial charge in [0, 0.05) is 7.11 Å².